The third-order valence-electron chi connectivity index (χ3n) is 20.5. The molecule has 0 radical (unpaired) electrons. The monoisotopic (exact) mass is 1370 g/mol. The van der Waals surface area contributed by atoms with Gasteiger partial charge in [0.2, 0.25) is 5.91 Å². The van der Waals surface area contributed by atoms with Crippen LogP contribution in [0.15, 0.2) is 36.5 Å². The van der Waals surface area contributed by atoms with Crippen LogP contribution in [0, 0.1) is 0 Å². The highest BCUT2D eigenvalue weighted by molar-refractivity contribution is 5.76. The van der Waals surface area contributed by atoms with Gasteiger partial charge in [-0.05, 0) is 70.6 Å². The van der Waals surface area contributed by atoms with Crippen LogP contribution >= 0.6 is 0 Å². The molecule has 0 aromatic rings. The highest BCUT2D eigenvalue weighted by Gasteiger charge is 2.44. The molecule has 11 heteroatoms. The van der Waals surface area contributed by atoms with Crippen molar-refractivity contribution in [2.45, 2.75) is 480 Å². The number of hydrogen-bond acceptors (Lipinski definition) is 10. The van der Waals surface area contributed by atoms with Crippen molar-refractivity contribution in [2.24, 2.45) is 0 Å². The van der Waals surface area contributed by atoms with E-state index in [1.807, 2.05) is 6.08 Å². The summed E-state index contributed by atoms with van der Waals surface area (Å²) in [4.78, 5) is 25.2. The molecule has 1 fully saturated rings. The third kappa shape index (κ3) is 63.3. The van der Waals surface area contributed by atoms with E-state index in [4.69, 9.17) is 14.2 Å². The lowest BCUT2D eigenvalue weighted by Crippen LogP contribution is -2.60. The van der Waals surface area contributed by atoms with Gasteiger partial charge >= 0.3 is 5.97 Å². The van der Waals surface area contributed by atoms with E-state index in [1.165, 1.54) is 360 Å². The summed E-state index contributed by atoms with van der Waals surface area (Å²) in [6.07, 6.45) is 89.2. The SMILES string of the molecule is CCCCCCCCC/C=C/CC/C=C/C(O)C(COC1OC(CO)C(O)C(O)C1O)NC(=O)CCCCCCCCCCCCCCCCCCC/C=C\CCCCCCCCCCCCCCCCCCCCOC(=O)CCCCCCCCCCCCCCCCCCC. The molecule has 0 bridgehead atoms. The zero-order chi connectivity index (χ0) is 70.1. The number of rotatable bonds is 77. The van der Waals surface area contributed by atoms with Crippen molar-refractivity contribution in [1.29, 1.82) is 0 Å². The van der Waals surface area contributed by atoms with Gasteiger partial charge in [-0.15, -0.1) is 0 Å². The minimum absolute atomic E-state index is 0.0215. The number of carbonyl (C=O) groups is 2. The summed E-state index contributed by atoms with van der Waals surface area (Å²) >= 11 is 0. The first-order valence-corrected chi connectivity index (χ1v) is 42.8. The normalized spacial score (nSPS) is 17.4. The molecule has 0 spiro atoms. The largest absolute Gasteiger partial charge is 0.466 e. The number of esters is 1. The van der Waals surface area contributed by atoms with Crippen molar-refractivity contribution in [1.82, 2.24) is 5.32 Å². The number of hydrogen-bond donors (Lipinski definition) is 6. The van der Waals surface area contributed by atoms with Crippen molar-refractivity contribution < 1.29 is 49.3 Å². The zero-order valence-electron chi connectivity index (χ0n) is 64.1. The smallest absolute Gasteiger partial charge is 0.305 e. The molecule has 0 aromatic carbocycles. The van der Waals surface area contributed by atoms with Crippen LogP contribution in [-0.2, 0) is 23.8 Å². The van der Waals surface area contributed by atoms with Crippen molar-refractivity contribution in [3.63, 3.8) is 0 Å². The predicted molar refractivity (Wildman–Crippen MR) is 412 cm³/mol. The molecule has 97 heavy (non-hydrogen) atoms. The maximum absolute atomic E-state index is 13.1. The van der Waals surface area contributed by atoms with Gasteiger partial charge in [-0.1, -0.05) is 391 Å². The minimum Gasteiger partial charge on any atom is -0.466 e. The lowest BCUT2D eigenvalue weighted by Gasteiger charge is -2.40. The van der Waals surface area contributed by atoms with Crippen molar-refractivity contribution in [3.05, 3.63) is 36.5 Å². The minimum atomic E-state index is -1.57. The number of nitrogens with one attached hydrogen (secondary N) is 1. The molecule has 7 unspecified atom stereocenters. The molecule has 572 valence electrons. The molecule has 1 heterocycles. The number of unbranched alkanes of at least 4 members (excludes halogenated alkanes) is 59. The Bertz CT molecular complexity index is 1710. The molecular formula is C86H163NO10. The van der Waals surface area contributed by atoms with Crippen LogP contribution in [0.5, 0.6) is 0 Å². The number of aliphatic hydroxyl groups excluding tert-OH is 5. The molecule has 11 nitrogen and oxygen atoms in total. The molecule has 1 rings (SSSR count). The third-order valence-corrected chi connectivity index (χ3v) is 20.5. The topological polar surface area (TPSA) is 175 Å². The molecule has 0 saturated carbocycles. The van der Waals surface area contributed by atoms with Crippen LogP contribution in [0.2, 0.25) is 0 Å². The maximum Gasteiger partial charge on any atom is 0.305 e. The lowest BCUT2D eigenvalue weighted by atomic mass is 9.99. The summed E-state index contributed by atoms with van der Waals surface area (Å²) in [5.74, 6) is -0.164. The Morgan fingerprint density at radius 2 is 0.670 bits per heavy atom. The van der Waals surface area contributed by atoms with E-state index in [0.29, 0.717) is 19.4 Å². The first-order chi connectivity index (χ1) is 47.7. The quantitative estimate of drug-likeness (QED) is 0.0195. The van der Waals surface area contributed by atoms with Crippen molar-refractivity contribution in [3.8, 4) is 0 Å². The fourth-order valence-electron chi connectivity index (χ4n) is 13.8. The molecule has 6 N–H and O–H groups in total. The predicted octanol–water partition coefficient (Wildman–Crippen LogP) is 23.6. The van der Waals surface area contributed by atoms with Crippen LogP contribution in [0.4, 0.5) is 0 Å². The van der Waals surface area contributed by atoms with Gasteiger partial charge in [0.05, 0.1) is 32.0 Å². The number of carbonyl (C=O) groups excluding carboxylic acids is 2. The van der Waals surface area contributed by atoms with Gasteiger partial charge in [0, 0.05) is 12.8 Å². The summed E-state index contributed by atoms with van der Waals surface area (Å²) in [6.45, 7) is 4.39. The second-order valence-corrected chi connectivity index (χ2v) is 29.9. The summed E-state index contributed by atoms with van der Waals surface area (Å²) in [7, 11) is 0. The van der Waals surface area contributed by atoms with Gasteiger partial charge in [0.1, 0.15) is 24.4 Å². The average Bonchev–Trinajstić information content (AvgIpc) is 0.840. The molecule has 1 amide bonds. The van der Waals surface area contributed by atoms with Gasteiger partial charge in [0.25, 0.3) is 0 Å². The molecular weight excluding hydrogens is 1210 g/mol. The summed E-state index contributed by atoms with van der Waals surface area (Å²) in [6, 6.07) is -0.824. The molecule has 1 aliphatic heterocycles. The van der Waals surface area contributed by atoms with Crippen LogP contribution in [0.3, 0.4) is 0 Å². The van der Waals surface area contributed by atoms with Gasteiger partial charge in [-0.2, -0.15) is 0 Å². The van der Waals surface area contributed by atoms with Crippen LogP contribution in [-0.4, -0.2) is 100 Å². The Hall–Kier alpha value is -2.12. The number of ether oxygens (including phenoxy) is 3. The number of aliphatic hydroxyl groups is 5. The lowest BCUT2D eigenvalue weighted by molar-refractivity contribution is -0.302. The fraction of sp³-hybridized carbons (Fsp3) is 0.907. The Balaban J connectivity index is 1.87. The van der Waals surface area contributed by atoms with Gasteiger partial charge in [-0.3, -0.25) is 9.59 Å². The summed E-state index contributed by atoms with van der Waals surface area (Å²) < 4.78 is 16.8. The Kier molecular flexibility index (Phi) is 71.9. The van der Waals surface area contributed by atoms with E-state index < -0.39 is 49.5 Å². The highest BCUT2D eigenvalue weighted by atomic mass is 16.7. The van der Waals surface area contributed by atoms with E-state index in [2.05, 4.69) is 43.5 Å². The fourth-order valence-corrected chi connectivity index (χ4v) is 13.8. The van der Waals surface area contributed by atoms with E-state index in [1.54, 1.807) is 6.08 Å². The summed E-state index contributed by atoms with van der Waals surface area (Å²) in [5, 5.41) is 54.6. The Labute approximate surface area is 600 Å². The standard InChI is InChI=1S/C86H163NO10/c1-3-5-7-9-11-13-15-17-18-42-46-50-54-58-62-66-70-74-82(91)95-75-71-67-63-59-55-51-47-44-41-39-37-35-33-31-29-27-25-23-21-19-20-22-24-26-28-30-32-34-36-38-40-43-45-49-53-57-61-65-69-73-81(90)87-78(77-96-86-85(94)84(93)83(92)80(76-88)97-86)79(89)72-68-64-60-56-52-48-16-14-12-10-8-6-4-2/h19-20,52,56,68,72,78-80,83-86,88-89,92-94H,3-18,21-51,53-55,57-67,69-71,73-77H2,1-2H3,(H,87,90)/b20-19-,56-52+,72-68+. The van der Waals surface area contributed by atoms with Crippen LogP contribution in [0.25, 0.3) is 0 Å². The zero-order valence-corrected chi connectivity index (χ0v) is 64.1. The first kappa shape index (κ1) is 92.9. The maximum atomic E-state index is 13.1. The number of allylic oxidation sites excluding steroid dienone is 5. The van der Waals surface area contributed by atoms with Gasteiger partial charge < -0.3 is 45.1 Å². The summed E-state index contributed by atoms with van der Waals surface area (Å²) in [5.41, 5.74) is 0. The van der Waals surface area contributed by atoms with E-state index in [9.17, 15) is 35.1 Å². The molecule has 7 atom stereocenters. The number of amides is 1. The Morgan fingerprint density at radius 3 is 1.02 bits per heavy atom. The average molecular weight is 1370 g/mol. The van der Waals surface area contributed by atoms with Crippen molar-refractivity contribution in [2.75, 3.05) is 19.8 Å². The molecule has 1 saturated heterocycles. The van der Waals surface area contributed by atoms with Gasteiger partial charge in [-0.25, -0.2) is 0 Å². The molecule has 0 aromatic heterocycles. The van der Waals surface area contributed by atoms with Crippen LogP contribution in [0.1, 0.15) is 438 Å². The van der Waals surface area contributed by atoms with Crippen molar-refractivity contribution >= 4 is 11.9 Å². The first-order valence-electron chi connectivity index (χ1n) is 42.8. The van der Waals surface area contributed by atoms with E-state index in [-0.39, 0.29) is 18.5 Å². The van der Waals surface area contributed by atoms with Gasteiger partial charge in [0.15, 0.2) is 6.29 Å². The molecule has 1 aliphatic rings. The Morgan fingerprint density at radius 1 is 0.371 bits per heavy atom. The second kappa shape index (κ2) is 75.1. The second-order valence-electron chi connectivity index (χ2n) is 29.9. The highest BCUT2D eigenvalue weighted by Crippen LogP contribution is 2.24. The van der Waals surface area contributed by atoms with E-state index in [0.717, 1.165) is 51.4 Å². The molecule has 0 aliphatic carbocycles. The van der Waals surface area contributed by atoms with Crippen LogP contribution < -0.4 is 5.32 Å². The van der Waals surface area contributed by atoms with E-state index >= 15 is 0 Å².